The van der Waals surface area contributed by atoms with E-state index in [1.165, 1.54) is 0 Å². The number of carbonyl (C=O) groups excluding carboxylic acids is 1. The van der Waals surface area contributed by atoms with Crippen LogP contribution in [0.5, 0.6) is 0 Å². The zero-order valence-electron chi connectivity index (χ0n) is 11.9. The Morgan fingerprint density at radius 1 is 1.14 bits per heavy atom. The number of hydrogen-bond donors (Lipinski definition) is 3. The predicted molar refractivity (Wildman–Crippen MR) is 87.4 cm³/mol. The van der Waals surface area contributed by atoms with Gasteiger partial charge in [0.05, 0.1) is 17.5 Å². The van der Waals surface area contributed by atoms with Crippen molar-refractivity contribution in [3.63, 3.8) is 0 Å². The van der Waals surface area contributed by atoms with Crippen LogP contribution in [0.25, 0.3) is 11.0 Å². The van der Waals surface area contributed by atoms with Crippen molar-refractivity contribution in [2.24, 2.45) is 0 Å². The molecule has 0 atom stereocenters. The van der Waals surface area contributed by atoms with Gasteiger partial charge in [-0.15, -0.1) is 0 Å². The maximum atomic E-state index is 12.1. The van der Waals surface area contributed by atoms with E-state index in [0.29, 0.717) is 10.5 Å². The first kappa shape index (κ1) is 14.4. The fourth-order valence-corrected chi connectivity index (χ4v) is 2.56. The molecule has 0 unspecified atom stereocenters. The Morgan fingerprint density at radius 3 is 2.68 bits per heavy atom. The van der Waals surface area contributed by atoms with Crippen LogP contribution in [0, 0.1) is 6.92 Å². The van der Waals surface area contributed by atoms with E-state index < -0.39 is 0 Å². The zero-order valence-corrected chi connectivity index (χ0v) is 12.6. The summed E-state index contributed by atoms with van der Waals surface area (Å²) in [7, 11) is 0. The third kappa shape index (κ3) is 3.04. The minimum absolute atomic E-state index is 0.123. The van der Waals surface area contributed by atoms with Gasteiger partial charge < -0.3 is 15.3 Å². The number of rotatable bonds is 3. The molecule has 0 spiro atoms. The summed E-state index contributed by atoms with van der Waals surface area (Å²) in [5.74, 6) is -0.123. The largest absolute Gasteiger partial charge is 0.326 e. The number of amides is 1. The summed E-state index contributed by atoms with van der Waals surface area (Å²) in [6.07, 6.45) is 0.227. The smallest absolute Gasteiger partial charge is 0.323 e. The van der Waals surface area contributed by atoms with Crippen molar-refractivity contribution in [2.45, 2.75) is 13.3 Å². The van der Waals surface area contributed by atoms with Crippen molar-refractivity contribution in [3.8, 4) is 0 Å². The minimum Gasteiger partial charge on any atom is -0.326 e. The summed E-state index contributed by atoms with van der Waals surface area (Å²) < 4.78 is 0. The Kier molecular flexibility index (Phi) is 3.73. The van der Waals surface area contributed by atoms with Gasteiger partial charge >= 0.3 is 5.69 Å². The lowest BCUT2D eigenvalue weighted by Gasteiger charge is -2.08. The average molecular weight is 316 g/mol. The van der Waals surface area contributed by atoms with E-state index in [1.54, 1.807) is 30.3 Å². The normalized spacial score (nSPS) is 10.8. The lowest BCUT2D eigenvalue weighted by molar-refractivity contribution is -0.115. The molecule has 2 aromatic carbocycles. The van der Waals surface area contributed by atoms with Gasteiger partial charge in [0.15, 0.2) is 0 Å². The van der Waals surface area contributed by atoms with Crippen LogP contribution < -0.4 is 11.0 Å². The molecule has 0 fully saturated rings. The summed E-state index contributed by atoms with van der Waals surface area (Å²) in [4.78, 5) is 28.7. The average Bonchev–Trinajstić information content (AvgIpc) is 2.81. The highest BCUT2D eigenvalue weighted by Gasteiger charge is 2.08. The maximum absolute atomic E-state index is 12.1. The van der Waals surface area contributed by atoms with Gasteiger partial charge in [-0.1, -0.05) is 17.7 Å². The summed E-state index contributed by atoms with van der Waals surface area (Å²) >= 11 is 5.90. The first-order valence-corrected chi connectivity index (χ1v) is 7.16. The number of carbonyl (C=O) groups is 1. The number of nitrogens with one attached hydrogen (secondary N) is 3. The Morgan fingerprint density at radius 2 is 1.91 bits per heavy atom. The van der Waals surface area contributed by atoms with Crippen LogP contribution in [0.15, 0.2) is 41.2 Å². The second-order valence-corrected chi connectivity index (χ2v) is 5.58. The van der Waals surface area contributed by atoms with Crippen LogP contribution in [0.2, 0.25) is 5.02 Å². The van der Waals surface area contributed by atoms with E-state index in [2.05, 4.69) is 15.3 Å². The lowest BCUT2D eigenvalue weighted by Crippen LogP contribution is -2.15. The van der Waals surface area contributed by atoms with E-state index in [1.807, 2.05) is 13.0 Å². The number of aromatic nitrogens is 2. The lowest BCUT2D eigenvalue weighted by atomic mass is 10.1. The number of aromatic amines is 2. The maximum Gasteiger partial charge on any atom is 0.323 e. The molecule has 5 nitrogen and oxygen atoms in total. The predicted octanol–water partition coefficient (Wildman–Crippen LogP) is 3.00. The monoisotopic (exact) mass is 315 g/mol. The third-order valence-electron chi connectivity index (χ3n) is 3.41. The molecule has 6 heteroatoms. The molecule has 0 radical (unpaired) electrons. The highest BCUT2D eigenvalue weighted by Crippen LogP contribution is 2.20. The molecule has 1 amide bonds. The van der Waals surface area contributed by atoms with Crippen LogP contribution in [-0.2, 0) is 11.2 Å². The fourth-order valence-electron chi connectivity index (χ4n) is 2.34. The first-order valence-electron chi connectivity index (χ1n) is 6.78. The number of H-pyrrole nitrogens is 2. The van der Waals surface area contributed by atoms with Gasteiger partial charge in [-0.05, 0) is 48.4 Å². The van der Waals surface area contributed by atoms with Gasteiger partial charge in [-0.2, -0.15) is 0 Å². The van der Waals surface area contributed by atoms with Gasteiger partial charge in [0.2, 0.25) is 5.91 Å². The molecule has 0 aliphatic carbocycles. The Hall–Kier alpha value is -2.53. The molecule has 3 N–H and O–H groups in total. The molecule has 0 bridgehead atoms. The van der Waals surface area contributed by atoms with E-state index in [4.69, 9.17) is 11.6 Å². The van der Waals surface area contributed by atoms with Crippen molar-refractivity contribution in [1.29, 1.82) is 0 Å². The Bertz CT molecular complexity index is 911. The minimum atomic E-state index is -0.256. The summed E-state index contributed by atoms with van der Waals surface area (Å²) in [6.45, 7) is 1.89. The molecule has 1 aromatic heterocycles. The van der Waals surface area contributed by atoms with Crippen molar-refractivity contribution in [1.82, 2.24) is 9.97 Å². The zero-order chi connectivity index (χ0) is 15.7. The van der Waals surface area contributed by atoms with Crippen LogP contribution in [0.1, 0.15) is 11.1 Å². The number of aryl methyl sites for hydroxylation is 1. The second kappa shape index (κ2) is 5.69. The molecule has 112 valence electrons. The highest BCUT2D eigenvalue weighted by molar-refractivity contribution is 6.30. The molecule has 3 aromatic rings. The highest BCUT2D eigenvalue weighted by atomic mass is 35.5. The van der Waals surface area contributed by atoms with Gasteiger partial charge in [0.25, 0.3) is 0 Å². The molecule has 22 heavy (non-hydrogen) atoms. The van der Waals surface area contributed by atoms with Crippen LogP contribution in [0.3, 0.4) is 0 Å². The van der Waals surface area contributed by atoms with Crippen molar-refractivity contribution in [3.05, 3.63) is 63.0 Å². The van der Waals surface area contributed by atoms with E-state index in [9.17, 15) is 9.59 Å². The molecular weight excluding hydrogens is 302 g/mol. The standard InChI is InChI=1S/C16H14ClN3O2/c1-9-6-11(17)3-5-12(9)18-15(21)8-10-2-4-13-14(7-10)20-16(22)19-13/h2-7H,8H2,1H3,(H,18,21)(H2,19,20,22). The second-order valence-electron chi connectivity index (χ2n) is 5.14. The summed E-state index contributed by atoms with van der Waals surface area (Å²) in [6, 6.07) is 10.7. The van der Waals surface area contributed by atoms with Crippen molar-refractivity contribution in [2.75, 3.05) is 5.32 Å². The quantitative estimate of drug-likeness (QED) is 0.695. The number of halogens is 1. The molecular formula is C16H14ClN3O2. The number of hydrogen-bond acceptors (Lipinski definition) is 2. The van der Waals surface area contributed by atoms with Crippen LogP contribution >= 0.6 is 11.6 Å². The number of imidazole rings is 1. The SMILES string of the molecule is Cc1cc(Cl)ccc1NC(=O)Cc1ccc2[nH]c(=O)[nH]c2c1. The van der Waals surface area contributed by atoms with E-state index in [-0.39, 0.29) is 18.0 Å². The molecule has 0 aliphatic heterocycles. The molecule has 0 saturated heterocycles. The molecule has 0 saturated carbocycles. The summed E-state index contributed by atoms with van der Waals surface area (Å²) in [5, 5.41) is 3.50. The van der Waals surface area contributed by atoms with Crippen molar-refractivity contribution < 1.29 is 4.79 Å². The Balaban J connectivity index is 1.76. The van der Waals surface area contributed by atoms with E-state index >= 15 is 0 Å². The fraction of sp³-hybridized carbons (Fsp3) is 0.125. The van der Waals surface area contributed by atoms with Gasteiger partial charge in [-0.3, -0.25) is 4.79 Å². The topological polar surface area (TPSA) is 77.8 Å². The van der Waals surface area contributed by atoms with E-state index in [0.717, 1.165) is 22.3 Å². The van der Waals surface area contributed by atoms with Gasteiger partial charge in [0.1, 0.15) is 0 Å². The van der Waals surface area contributed by atoms with Gasteiger partial charge in [-0.25, -0.2) is 4.79 Å². The number of benzene rings is 2. The van der Waals surface area contributed by atoms with Crippen LogP contribution in [0.4, 0.5) is 5.69 Å². The van der Waals surface area contributed by atoms with Gasteiger partial charge in [0, 0.05) is 10.7 Å². The molecule has 1 heterocycles. The molecule has 3 rings (SSSR count). The summed E-state index contributed by atoms with van der Waals surface area (Å²) in [5.41, 5.74) is 3.64. The van der Waals surface area contributed by atoms with Crippen LogP contribution in [-0.4, -0.2) is 15.9 Å². The Labute approximate surface area is 131 Å². The first-order chi connectivity index (χ1) is 10.5. The number of anilines is 1. The third-order valence-corrected chi connectivity index (χ3v) is 3.64. The number of fused-ring (bicyclic) bond motifs is 1. The van der Waals surface area contributed by atoms with Crippen molar-refractivity contribution >= 4 is 34.2 Å². The molecule has 0 aliphatic rings.